The van der Waals surface area contributed by atoms with E-state index in [-0.39, 0.29) is 12.5 Å². The van der Waals surface area contributed by atoms with Crippen molar-refractivity contribution in [2.45, 2.75) is 6.61 Å². The summed E-state index contributed by atoms with van der Waals surface area (Å²) in [5, 5.41) is 6.04. The van der Waals surface area contributed by atoms with Crippen LogP contribution in [0.1, 0.15) is 5.56 Å². The van der Waals surface area contributed by atoms with Crippen molar-refractivity contribution in [2.75, 3.05) is 30.4 Å². The van der Waals surface area contributed by atoms with Crippen molar-refractivity contribution in [3.05, 3.63) is 115 Å². The fourth-order valence-electron chi connectivity index (χ4n) is 3.32. The molecule has 0 aromatic heterocycles. The molecule has 0 spiro atoms. The van der Waals surface area contributed by atoms with Crippen LogP contribution in [-0.2, 0) is 11.4 Å². The highest BCUT2D eigenvalue weighted by Gasteiger charge is 2.07. The van der Waals surface area contributed by atoms with Crippen LogP contribution in [0.15, 0.2) is 109 Å². The quantitative estimate of drug-likeness (QED) is 0.258. The highest BCUT2D eigenvalue weighted by molar-refractivity contribution is 5.94. The lowest BCUT2D eigenvalue weighted by molar-refractivity contribution is -0.114. The maximum atomic E-state index is 12.4. The minimum atomic E-state index is -0.159. The smallest absolute Gasteiger partial charge is 0.243 e. The van der Waals surface area contributed by atoms with Gasteiger partial charge < -0.3 is 24.8 Å². The van der Waals surface area contributed by atoms with Crippen LogP contribution in [0.4, 0.5) is 11.4 Å². The Morgan fingerprint density at radius 2 is 1.23 bits per heavy atom. The predicted octanol–water partition coefficient (Wildman–Crippen LogP) is 5.77. The monoisotopic (exact) mass is 468 g/mol. The minimum absolute atomic E-state index is 0.112. The first-order chi connectivity index (χ1) is 17.3. The van der Waals surface area contributed by atoms with E-state index in [1.165, 1.54) is 0 Å². The number of hydrogen-bond acceptors (Lipinski definition) is 5. The van der Waals surface area contributed by atoms with E-state index in [4.69, 9.17) is 14.2 Å². The second-order valence-electron chi connectivity index (χ2n) is 7.71. The zero-order valence-electron chi connectivity index (χ0n) is 19.4. The van der Waals surface area contributed by atoms with Gasteiger partial charge in [-0.25, -0.2) is 0 Å². The Hall–Kier alpha value is -4.45. The van der Waals surface area contributed by atoms with Crippen LogP contribution in [0, 0.1) is 0 Å². The molecular formula is C29H28N2O4. The van der Waals surface area contributed by atoms with Gasteiger partial charge in [-0.3, -0.25) is 4.79 Å². The van der Waals surface area contributed by atoms with Crippen LogP contribution in [0.25, 0.3) is 0 Å². The standard InChI is InChI=1S/C29H28N2O4/c32-29(21-30-27-13-7-8-14-28(27)35-22-23-9-3-1-4-10-23)31-24-15-17-26(18-16-24)34-20-19-33-25-11-5-2-6-12-25/h1-18,30H,19-22H2,(H,31,32). The molecular weight excluding hydrogens is 440 g/mol. The molecule has 35 heavy (non-hydrogen) atoms. The van der Waals surface area contributed by atoms with Gasteiger partial charge in [0.25, 0.3) is 0 Å². The van der Waals surface area contributed by atoms with Crippen LogP contribution in [0.3, 0.4) is 0 Å². The van der Waals surface area contributed by atoms with Crippen molar-refractivity contribution >= 4 is 17.3 Å². The Morgan fingerprint density at radius 1 is 0.629 bits per heavy atom. The number of amides is 1. The number of carbonyl (C=O) groups excluding carboxylic acids is 1. The lowest BCUT2D eigenvalue weighted by Gasteiger charge is -2.13. The van der Waals surface area contributed by atoms with E-state index in [9.17, 15) is 4.79 Å². The molecule has 2 N–H and O–H groups in total. The van der Waals surface area contributed by atoms with E-state index in [0.717, 1.165) is 17.0 Å². The van der Waals surface area contributed by atoms with Gasteiger partial charge in [0.2, 0.25) is 5.91 Å². The highest BCUT2D eigenvalue weighted by Crippen LogP contribution is 2.24. The Bertz CT molecular complexity index is 1180. The van der Waals surface area contributed by atoms with Crippen LogP contribution >= 0.6 is 0 Å². The van der Waals surface area contributed by atoms with Crippen LogP contribution in [-0.4, -0.2) is 25.7 Å². The number of hydrogen-bond donors (Lipinski definition) is 2. The first-order valence-electron chi connectivity index (χ1n) is 11.5. The lowest BCUT2D eigenvalue weighted by Crippen LogP contribution is -2.22. The molecule has 0 saturated heterocycles. The molecule has 4 aromatic rings. The summed E-state index contributed by atoms with van der Waals surface area (Å²) in [4.78, 5) is 12.4. The minimum Gasteiger partial charge on any atom is -0.490 e. The number of anilines is 2. The molecule has 0 radical (unpaired) electrons. The molecule has 6 nitrogen and oxygen atoms in total. The zero-order chi connectivity index (χ0) is 24.1. The van der Waals surface area contributed by atoms with Gasteiger partial charge in [-0.15, -0.1) is 0 Å². The second kappa shape index (κ2) is 12.7. The molecule has 0 aliphatic rings. The number of benzene rings is 4. The third-order valence-corrected chi connectivity index (χ3v) is 5.07. The first-order valence-corrected chi connectivity index (χ1v) is 11.5. The van der Waals surface area contributed by atoms with Gasteiger partial charge in [0.1, 0.15) is 37.1 Å². The van der Waals surface area contributed by atoms with Crippen molar-refractivity contribution in [3.8, 4) is 17.2 Å². The lowest BCUT2D eigenvalue weighted by atomic mass is 10.2. The van der Waals surface area contributed by atoms with E-state index in [1.54, 1.807) is 0 Å². The summed E-state index contributed by atoms with van der Waals surface area (Å²) in [5.41, 5.74) is 2.54. The Balaban J connectivity index is 1.20. The fraction of sp³-hybridized carbons (Fsp3) is 0.138. The number of para-hydroxylation sites is 3. The van der Waals surface area contributed by atoms with Gasteiger partial charge in [-0.2, -0.15) is 0 Å². The van der Waals surface area contributed by atoms with E-state index >= 15 is 0 Å². The molecule has 0 unspecified atom stereocenters. The topological polar surface area (TPSA) is 68.8 Å². The third kappa shape index (κ3) is 7.82. The summed E-state index contributed by atoms with van der Waals surface area (Å²) in [7, 11) is 0. The van der Waals surface area contributed by atoms with Crippen LogP contribution < -0.4 is 24.8 Å². The molecule has 0 atom stereocenters. The van der Waals surface area contributed by atoms with E-state index in [2.05, 4.69) is 10.6 Å². The van der Waals surface area contributed by atoms with Crippen LogP contribution in [0.2, 0.25) is 0 Å². The number of ether oxygens (including phenoxy) is 3. The summed E-state index contributed by atoms with van der Waals surface area (Å²) in [6.07, 6.45) is 0. The first kappa shape index (κ1) is 23.7. The molecule has 178 valence electrons. The summed E-state index contributed by atoms with van der Waals surface area (Å²) >= 11 is 0. The molecule has 0 aliphatic heterocycles. The van der Waals surface area contributed by atoms with Crippen molar-refractivity contribution in [3.63, 3.8) is 0 Å². The van der Waals surface area contributed by atoms with Crippen molar-refractivity contribution < 1.29 is 19.0 Å². The molecule has 1 amide bonds. The van der Waals surface area contributed by atoms with Crippen molar-refractivity contribution in [1.29, 1.82) is 0 Å². The average molecular weight is 469 g/mol. The molecule has 4 rings (SSSR count). The SMILES string of the molecule is O=C(CNc1ccccc1OCc1ccccc1)Nc1ccc(OCCOc2ccccc2)cc1. The highest BCUT2D eigenvalue weighted by atomic mass is 16.5. The van der Waals surface area contributed by atoms with Crippen molar-refractivity contribution in [2.24, 2.45) is 0 Å². The molecule has 0 fully saturated rings. The van der Waals surface area contributed by atoms with E-state index in [1.807, 2.05) is 109 Å². The van der Waals surface area contributed by atoms with Gasteiger partial charge in [-0.05, 0) is 54.1 Å². The summed E-state index contributed by atoms with van der Waals surface area (Å²) in [6, 6.07) is 34.4. The summed E-state index contributed by atoms with van der Waals surface area (Å²) < 4.78 is 17.2. The van der Waals surface area contributed by atoms with Crippen molar-refractivity contribution in [1.82, 2.24) is 0 Å². The number of nitrogens with one attached hydrogen (secondary N) is 2. The van der Waals surface area contributed by atoms with Crippen LogP contribution in [0.5, 0.6) is 17.2 Å². The van der Waals surface area contributed by atoms with Gasteiger partial charge in [-0.1, -0.05) is 60.7 Å². The molecule has 0 aliphatic carbocycles. The largest absolute Gasteiger partial charge is 0.490 e. The molecule has 4 aromatic carbocycles. The molecule has 0 saturated carbocycles. The van der Waals surface area contributed by atoms with E-state index in [0.29, 0.717) is 37.0 Å². The third-order valence-electron chi connectivity index (χ3n) is 5.07. The normalized spacial score (nSPS) is 10.3. The summed E-state index contributed by atoms with van der Waals surface area (Å²) in [6.45, 7) is 1.44. The average Bonchev–Trinajstić information content (AvgIpc) is 2.91. The van der Waals surface area contributed by atoms with Gasteiger partial charge >= 0.3 is 0 Å². The molecule has 0 bridgehead atoms. The number of carbonyl (C=O) groups is 1. The second-order valence-corrected chi connectivity index (χ2v) is 7.71. The molecule has 0 heterocycles. The van der Waals surface area contributed by atoms with E-state index < -0.39 is 0 Å². The Morgan fingerprint density at radius 3 is 1.94 bits per heavy atom. The Kier molecular flexibility index (Phi) is 8.60. The fourth-order valence-corrected chi connectivity index (χ4v) is 3.32. The van der Waals surface area contributed by atoms with Gasteiger partial charge in [0.05, 0.1) is 12.2 Å². The zero-order valence-corrected chi connectivity index (χ0v) is 19.4. The Labute approximate surface area is 205 Å². The maximum absolute atomic E-state index is 12.4. The molecule has 6 heteroatoms. The summed E-state index contributed by atoms with van der Waals surface area (Å²) in [5.74, 6) is 2.06. The predicted molar refractivity (Wildman–Crippen MR) is 138 cm³/mol. The van der Waals surface area contributed by atoms with Gasteiger partial charge in [0.15, 0.2) is 0 Å². The number of rotatable bonds is 12. The van der Waals surface area contributed by atoms with Gasteiger partial charge in [0, 0.05) is 5.69 Å². The maximum Gasteiger partial charge on any atom is 0.243 e.